The molecule has 3 rings (SSSR count). The molecule has 3 nitrogen and oxygen atoms in total. The summed E-state index contributed by atoms with van der Waals surface area (Å²) in [6.07, 6.45) is 4.29. The van der Waals surface area contributed by atoms with Crippen LogP contribution in [-0.4, -0.2) is 29.9 Å². The van der Waals surface area contributed by atoms with Gasteiger partial charge in [-0.25, -0.2) is 0 Å². The molecule has 1 heterocycles. The van der Waals surface area contributed by atoms with Gasteiger partial charge in [-0.2, -0.15) is 0 Å². The van der Waals surface area contributed by atoms with Crippen LogP contribution < -0.4 is 5.32 Å². The lowest BCUT2D eigenvalue weighted by atomic mass is 9.99. The first-order valence-electron chi connectivity index (χ1n) is 7.43. The number of carbonyl (C=O) groups excluding carboxylic acids is 1. The molecule has 1 N–H and O–H groups in total. The van der Waals surface area contributed by atoms with Crippen LogP contribution in [0, 0.1) is 0 Å². The number of likely N-dealkylation sites (tertiary alicyclic amines) is 1. The minimum absolute atomic E-state index is 0.0338. The van der Waals surface area contributed by atoms with Gasteiger partial charge >= 0.3 is 0 Å². The molecule has 1 saturated heterocycles. The average molecular weight is 258 g/mol. The molecule has 0 radical (unpaired) electrons. The van der Waals surface area contributed by atoms with Crippen molar-refractivity contribution in [2.75, 3.05) is 13.1 Å². The number of likely N-dealkylation sites (N-methyl/N-ethyl adjacent to an activating group) is 1. The van der Waals surface area contributed by atoms with Crippen molar-refractivity contribution in [1.29, 1.82) is 0 Å². The molecular formula is C16H22N2O. The van der Waals surface area contributed by atoms with Crippen molar-refractivity contribution in [2.45, 2.75) is 44.7 Å². The molecule has 0 bridgehead atoms. The number of benzene rings is 1. The van der Waals surface area contributed by atoms with Crippen LogP contribution in [0.5, 0.6) is 0 Å². The summed E-state index contributed by atoms with van der Waals surface area (Å²) in [6.45, 7) is 3.85. The summed E-state index contributed by atoms with van der Waals surface area (Å²) in [5, 5.41) is 3.32. The number of carbonyl (C=O) groups is 1. The van der Waals surface area contributed by atoms with Crippen molar-refractivity contribution in [3.8, 4) is 0 Å². The number of amides is 1. The zero-order valence-electron chi connectivity index (χ0n) is 11.6. The van der Waals surface area contributed by atoms with E-state index >= 15 is 0 Å². The third kappa shape index (κ3) is 2.27. The number of fused-ring (bicyclic) bond motifs is 1. The maximum absolute atomic E-state index is 12.6. The van der Waals surface area contributed by atoms with E-state index in [0.29, 0.717) is 11.9 Å². The quantitative estimate of drug-likeness (QED) is 0.902. The van der Waals surface area contributed by atoms with Gasteiger partial charge in [0.1, 0.15) is 0 Å². The monoisotopic (exact) mass is 258 g/mol. The number of nitrogens with one attached hydrogen (secondary N) is 1. The average Bonchev–Trinajstić information content (AvgIpc) is 2.85. The van der Waals surface area contributed by atoms with Crippen LogP contribution in [0.4, 0.5) is 0 Å². The molecule has 0 spiro atoms. The Morgan fingerprint density at radius 3 is 3.00 bits per heavy atom. The van der Waals surface area contributed by atoms with Gasteiger partial charge in [0.25, 0.3) is 0 Å². The molecule has 102 valence electrons. The van der Waals surface area contributed by atoms with Gasteiger partial charge in [-0.15, -0.1) is 0 Å². The van der Waals surface area contributed by atoms with Gasteiger partial charge in [0.05, 0.1) is 12.1 Å². The topological polar surface area (TPSA) is 32.3 Å². The summed E-state index contributed by atoms with van der Waals surface area (Å²) in [5.74, 6) is 0.301. The van der Waals surface area contributed by atoms with Gasteiger partial charge in [-0.05, 0) is 43.4 Å². The van der Waals surface area contributed by atoms with Gasteiger partial charge in [0.2, 0.25) is 5.91 Å². The molecule has 1 fully saturated rings. The van der Waals surface area contributed by atoms with E-state index in [1.165, 1.54) is 11.1 Å². The molecule has 1 aromatic carbocycles. The largest absolute Gasteiger partial charge is 0.334 e. The molecule has 2 unspecified atom stereocenters. The molecular weight excluding hydrogens is 236 g/mol. The molecule has 1 amide bonds. The lowest BCUT2D eigenvalue weighted by Gasteiger charge is -2.37. The highest BCUT2D eigenvalue weighted by Crippen LogP contribution is 2.37. The van der Waals surface area contributed by atoms with Crippen LogP contribution in [0.1, 0.15) is 43.4 Å². The van der Waals surface area contributed by atoms with E-state index in [0.717, 1.165) is 38.8 Å². The van der Waals surface area contributed by atoms with Gasteiger partial charge in [-0.3, -0.25) is 4.79 Å². The molecule has 3 heteroatoms. The van der Waals surface area contributed by atoms with Crippen molar-refractivity contribution < 1.29 is 4.79 Å². The molecule has 2 atom stereocenters. The Kier molecular flexibility index (Phi) is 3.56. The van der Waals surface area contributed by atoms with Crippen LogP contribution in [0.25, 0.3) is 0 Å². The number of nitrogens with zero attached hydrogens (tertiary/aromatic N) is 1. The predicted octanol–water partition coefficient (Wildman–Crippen LogP) is 2.27. The Bertz CT molecular complexity index is 470. The predicted molar refractivity (Wildman–Crippen MR) is 75.9 cm³/mol. The zero-order chi connectivity index (χ0) is 13.2. The molecule has 1 aliphatic heterocycles. The van der Waals surface area contributed by atoms with E-state index < -0.39 is 0 Å². The molecule has 19 heavy (non-hydrogen) atoms. The van der Waals surface area contributed by atoms with Crippen molar-refractivity contribution >= 4 is 5.91 Å². The second-order valence-electron chi connectivity index (χ2n) is 5.54. The van der Waals surface area contributed by atoms with E-state index in [1.54, 1.807) is 0 Å². The second kappa shape index (κ2) is 5.33. The van der Waals surface area contributed by atoms with E-state index in [2.05, 4.69) is 41.4 Å². The summed E-state index contributed by atoms with van der Waals surface area (Å²) in [7, 11) is 0. The number of piperidine rings is 1. The molecule has 1 aromatic rings. The summed E-state index contributed by atoms with van der Waals surface area (Å²) < 4.78 is 0. The SMILES string of the molecule is CCNC1CCCN(C2CCc3ccccc32)C1=O. The van der Waals surface area contributed by atoms with E-state index in [-0.39, 0.29) is 6.04 Å². The van der Waals surface area contributed by atoms with Crippen molar-refractivity contribution in [1.82, 2.24) is 10.2 Å². The standard InChI is InChI=1S/C16H22N2O/c1-2-17-14-8-5-11-18(16(14)19)15-10-9-12-6-3-4-7-13(12)15/h3-4,6-7,14-15,17H,2,5,8-11H2,1H3. The van der Waals surface area contributed by atoms with E-state index in [1.807, 2.05) is 0 Å². The van der Waals surface area contributed by atoms with Crippen molar-refractivity contribution in [2.24, 2.45) is 0 Å². The van der Waals surface area contributed by atoms with Gasteiger partial charge in [-0.1, -0.05) is 31.2 Å². The Morgan fingerprint density at radius 1 is 1.32 bits per heavy atom. The Labute approximate surface area is 115 Å². The number of hydrogen-bond acceptors (Lipinski definition) is 2. The normalized spacial score (nSPS) is 26.6. The highest BCUT2D eigenvalue weighted by Gasteiger charge is 2.35. The van der Waals surface area contributed by atoms with Gasteiger partial charge in [0.15, 0.2) is 0 Å². The highest BCUT2D eigenvalue weighted by atomic mass is 16.2. The Balaban J connectivity index is 1.81. The third-order valence-corrected chi connectivity index (χ3v) is 4.40. The number of aryl methyl sites for hydroxylation is 1. The maximum Gasteiger partial charge on any atom is 0.240 e. The lowest BCUT2D eigenvalue weighted by Crippen LogP contribution is -2.51. The molecule has 1 aliphatic carbocycles. The van der Waals surface area contributed by atoms with Crippen molar-refractivity contribution in [3.63, 3.8) is 0 Å². The summed E-state index contributed by atoms with van der Waals surface area (Å²) in [5.41, 5.74) is 2.79. The summed E-state index contributed by atoms with van der Waals surface area (Å²) in [4.78, 5) is 14.7. The maximum atomic E-state index is 12.6. The van der Waals surface area contributed by atoms with Crippen LogP contribution in [-0.2, 0) is 11.2 Å². The number of hydrogen-bond donors (Lipinski definition) is 1. The first-order valence-corrected chi connectivity index (χ1v) is 7.43. The van der Waals surface area contributed by atoms with E-state index in [4.69, 9.17) is 0 Å². The number of rotatable bonds is 3. The van der Waals surface area contributed by atoms with Crippen LogP contribution in [0.15, 0.2) is 24.3 Å². The highest BCUT2D eigenvalue weighted by molar-refractivity contribution is 5.83. The van der Waals surface area contributed by atoms with Crippen LogP contribution >= 0.6 is 0 Å². The smallest absolute Gasteiger partial charge is 0.240 e. The minimum atomic E-state index is 0.0338. The van der Waals surface area contributed by atoms with Crippen molar-refractivity contribution in [3.05, 3.63) is 35.4 Å². The third-order valence-electron chi connectivity index (χ3n) is 4.40. The first kappa shape index (κ1) is 12.7. The molecule has 0 saturated carbocycles. The fraction of sp³-hybridized carbons (Fsp3) is 0.562. The van der Waals surface area contributed by atoms with E-state index in [9.17, 15) is 4.79 Å². The van der Waals surface area contributed by atoms with Crippen LogP contribution in [0.2, 0.25) is 0 Å². The second-order valence-corrected chi connectivity index (χ2v) is 5.54. The Hall–Kier alpha value is -1.35. The fourth-order valence-corrected chi connectivity index (χ4v) is 3.50. The summed E-state index contributed by atoms with van der Waals surface area (Å²) in [6, 6.07) is 8.92. The lowest BCUT2D eigenvalue weighted by molar-refractivity contribution is -0.138. The molecule has 2 aliphatic rings. The molecule has 0 aromatic heterocycles. The zero-order valence-corrected chi connectivity index (χ0v) is 11.6. The van der Waals surface area contributed by atoms with Crippen LogP contribution in [0.3, 0.4) is 0 Å². The van der Waals surface area contributed by atoms with Gasteiger partial charge in [0, 0.05) is 6.54 Å². The van der Waals surface area contributed by atoms with Gasteiger partial charge < -0.3 is 10.2 Å². The summed E-state index contributed by atoms with van der Waals surface area (Å²) >= 11 is 0. The first-order chi connectivity index (χ1) is 9.31. The fourth-order valence-electron chi connectivity index (χ4n) is 3.50. The Morgan fingerprint density at radius 2 is 2.16 bits per heavy atom. The minimum Gasteiger partial charge on any atom is -0.334 e.